The molecule has 104 valence electrons. The molecule has 2 atom stereocenters. The second-order valence-corrected chi connectivity index (χ2v) is 6.39. The molecule has 2 N–H and O–H groups in total. The van der Waals surface area contributed by atoms with Crippen molar-refractivity contribution in [3.8, 4) is 0 Å². The second-order valence-electron chi connectivity index (χ2n) is 5.67. The first-order chi connectivity index (χ1) is 9.20. The number of nitrogens with zero attached hydrogens (tertiary/aromatic N) is 3. The molecule has 2 bridgehead atoms. The van der Waals surface area contributed by atoms with Crippen molar-refractivity contribution >= 4 is 17.2 Å². The van der Waals surface area contributed by atoms with Crippen LogP contribution in [0.5, 0.6) is 0 Å². The monoisotopic (exact) mass is 280 g/mol. The van der Waals surface area contributed by atoms with E-state index in [1.807, 2.05) is 5.51 Å². The van der Waals surface area contributed by atoms with Gasteiger partial charge in [0, 0.05) is 37.6 Å². The highest BCUT2D eigenvalue weighted by Gasteiger charge is 2.35. The minimum absolute atomic E-state index is 0.210. The molecule has 4 heterocycles. The molecule has 0 radical (unpaired) electrons. The van der Waals surface area contributed by atoms with Crippen LogP contribution in [0.1, 0.15) is 18.5 Å². The highest BCUT2D eigenvalue weighted by Crippen LogP contribution is 2.28. The molecule has 1 amide bonds. The number of amides is 1. The fourth-order valence-corrected chi connectivity index (χ4v) is 3.89. The Kier molecular flexibility index (Phi) is 3.81. The predicted molar refractivity (Wildman–Crippen MR) is 74.7 cm³/mol. The van der Waals surface area contributed by atoms with Crippen LogP contribution in [0.25, 0.3) is 0 Å². The van der Waals surface area contributed by atoms with E-state index in [1.165, 1.54) is 12.8 Å². The lowest BCUT2D eigenvalue weighted by atomic mass is 9.95. The van der Waals surface area contributed by atoms with Gasteiger partial charge in [0.25, 0.3) is 0 Å². The number of aromatic nitrogens is 1. The van der Waals surface area contributed by atoms with E-state index < -0.39 is 0 Å². The van der Waals surface area contributed by atoms with Crippen LogP contribution in [-0.4, -0.2) is 52.9 Å². The van der Waals surface area contributed by atoms with Crippen molar-refractivity contribution in [3.05, 3.63) is 16.6 Å². The van der Waals surface area contributed by atoms with Crippen LogP contribution in [0.4, 0.5) is 0 Å². The van der Waals surface area contributed by atoms with Gasteiger partial charge in [0.1, 0.15) is 0 Å². The van der Waals surface area contributed by atoms with Crippen molar-refractivity contribution < 1.29 is 4.79 Å². The zero-order chi connectivity index (χ0) is 13.2. The minimum Gasteiger partial charge on any atom is -0.369 e. The Labute approximate surface area is 117 Å². The molecule has 3 aliphatic rings. The van der Waals surface area contributed by atoms with Crippen molar-refractivity contribution in [3.63, 3.8) is 0 Å². The number of thiazole rings is 1. The maximum absolute atomic E-state index is 11.2. The topological polar surface area (TPSA) is 62.5 Å². The Balaban J connectivity index is 1.66. The lowest BCUT2D eigenvalue weighted by molar-refractivity contribution is -0.120. The molecule has 3 aliphatic heterocycles. The van der Waals surface area contributed by atoms with E-state index in [1.54, 1.807) is 11.3 Å². The number of carbonyl (C=O) groups is 1. The van der Waals surface area contributed by atoms with E-state index in [4.69, 9.17) is 5.73 Å². The van der Waals surface area contributed by atoms with Crippen LogP contribution in [0, 0.1) is 5.92 Å². The number of hydrogen-bond donors (Lipinski definition) is 1. The van der Waals surface area contributed by atoms with Crippen LogP contribution in [0.15, 0.2) is 10.9 Å². The van der Waals surface area contributed by atoms with Crippen LogP contribution in [-0.2, 0) is 11.3 Å². The molecule has 0 unspecified atom stereocenters. The lowest BCUT2D eigenvalue weighted by Crippen LogP contribution is -2.47. The molecule has 0 spiro atoms. The van der Waals surface area contributed by atoms with Gasteiger partial charge in [-0.25, -0.2) is 4.98 Å². The maximum Gasteiger partial charge on any atom is 0.231 e. The first kappa shape index (κ1) is 13.0. The highest BCUT2D eigenvalue weighted by molar-refractivity contribution is 7.07. The number of fused-ring (bicyclic) bond motifs is 4. The number of hydrogen-bond acceptors (Lipinski definition) is 5. The molecular weight excluding hydrogens is 260 g/mol. The summed E-state index contributed by atoms with van der Waals surface area (Å²) in [7, 11) is 0. The van der Waals surface area contributed by atoms with Crippen LogP contribution >= 0.6 is 11.3 Å². The Hall–Kier alpha value is -0.980. The van der Waals surface area contributed by atoms with Gasteiger partial charge in [-0.2, -0.15) is 0 Å². The number of rotatable bonds is 4. The van der Waals surface area contributed by atoms with Crippen molar-refractivity contribution in [2.45, 2.75) is 25.4 Å². The molecule has 0 aliphatic carbocycles. The molecule has 4 rings (SSSR count). The van der Waals surface area contributed by atoms with Crippen molar-refractivity contribution in [1.29, 1.82) is 0 Å². The predicted octanol–water partition coefficient (Wildman–Crippen LogP) is 0.525. The summed E-state index contributed by atoms with van der Waals surface area (Å²) in [4.78, 5) is 20.3. The summed E-state index contributed by atoms with van der Waals surface area (Å²) < 4.78 is 0. The van der Waals surface area contributed by atoms with Gasteiger partial charge < -0.3 is 5.73 Å². The zero-order valence-electron chi connectivity index (χ0n) is 11.0. The third kappa shape index (κ3) is 3.13. The van der Waals surface area contributed by atoms with Crippen molar-refractivity contribution in [2.24, 2.45) is 11.7 Å². The van der Waals surface area contributed by atoms with Gasteiger partial charge in [0.15, 0.2) is 0 Å². The fourth-order valence-electron chi connectivity index (χ4n) is 3.34. The quantitative estimate of drug-likeness (QED) is 0.873. The molecule has 0 saturated carbocycles. The van der Waals surface area contributed by atoms with Gasteiger partial charge in [0.2, 0.25) is 5.91 Å². The first-order valence-electron chi connectivity index (χ1n) is 6.82. The Morgan fingerprint density at radius 1 is 1.42 bits per heavy atom. The second kappa shape index (κ2) is 5.56. The molecular formula is C13H20N4OS. The number of nitrogens with two attached hydrogens (primary N) is 1. The third-order valence-corrected chi connectivity index (χ3v) is 4.77. The van der Waals surface area contributed by atoms with Crippen molar-refractivity contribution in [1.82, 2.24) is 14.8 Å². The molecule has 6 heteroatoms. The molecule has 5 nitrogen and oxygen atoms in total. The van der Waals surface area contributed by atoms with E-state index in [0.29, 0.717) is 18.5 Å². The van der Waals surface area contributed by atoms with Gasteiger partial charge in [-0.15, -0.1) is 11.3 Å². The number of primary amides is 1. The van der Waals surface area contributed by atoms with Crippen LogP contribution in [0.3, 0.4) is 0 Å². The molecule has 0 aromatic carbocycles. The summed E-state index contributed by atoms with van der Waals surface area (Å²) in [5.74, 6) is 0.454. The Morgan fingerprint density at radius 3 is 3.05 bits per heavy atom. The summed E-state index contributed by atoms with van der Waals surface area (Å²) in [6, 6.07) is 0.477. The molecule has 1 aromatic rings. The zero-order valence-corrected chi connectivity index (χ0v) is 11.8. The minimum atomic E-state index is -0.210. The van der Waals surface area contributed by atoms with E-state index >= 15 is 0 Å². The first-order valence-corrected chi connectivity index (χ1v) is 7.77. The third-order valence-electron chi connectivity index (χ3n) is 4.13. The standard InChI is InChI=1S/C13H20N4OS/c14-13(18)7-17-4-10-1-2-12(17)6-16(3-10)5-11-8-19-9-15-11/h8-10,12H,1-7H2,(H2,14,18)/t10-,12+/m0/s1. The van der Waals surface area contributed by atoms with Gasteiger partial charge in [0.05, 0.1) is 17.7 Å². The van der Waals surface area contributed by atoms with Crippen molar-refractivity contribution in [2.75, 3.05) is 26.2 Å². The molecule has 1 aromatic heterocycles. The molecule has 3 fully saturated rings. The maximum atomic E-state index is 11.2. The fraction of sp³-hybridized carbons (Fsp3) is 0.692. The Bertz CT molecular complexity index is 436. The van der Waals surface area contributed by atoms with E-state index in [9.17, 15) is 4.79 Å². The highest BCUT2D eigenvalue weighted by atomic mass is 32.1. The SMILES string of the molecule is NC(=O)CN1C[C@H]2CC[C@@H]1CN(Cc1cscn1)C2. The molecule has 3 saturated heterocycles. The lowest BCUT2D eigenvalue weighted by Gasteiger charge is -2.35. The van der Waals surface area contributed by atoms with Gasteiger partial charge in [-0.3, -0.25) is 14.6 Å². The summed E-state index contributed by atoms with van der Waals surface area (Å²) in [6.07, 6.45) is 2.46. The average molecular weight is 280 g/mol. The van der Waals surface area contributed by atoms with E-state index in [2.05, 4.69) is 20.2 Å². The van der Waals surface area contributed by atoms with Gasteiger partial charge in [-0.05, 0) is 18.8 Å². The normalized spacial score (nSPS) is 28.4. The van der Waals surface area contributed by atoms with Crippen LogP contribution in [0.2, 0.25) is 0 Å². The van der Waals surface area contributed by atoms with Gasteiger partial charge in [-0.1, -0.05) is 0 Å². The van der Waals surface area contributed by atoms with Crippen LogP contribution < -0.4 is 5.73 Å². The number of carbonyl (C=O) groups excluding carboxylic acids is 1. The average Bonchev–Trinajstić information content (AvgIpc) is 2.70. The van der Waals surface area contributed by atoms with Gasteiger partial charge >= 0.3 is 0 Å². The van der Waals surface area contributed by atoms with E-state index in [-0.39, 0.29) is 5.91 Å². The van der Waals surface area contributed by atoms with E-state index in [0.717, 1.165) is 31.9 Å². The number of piperidine rings is 1. The molecule has 19 heavy (non-hydrogen) atoms. The summed E-state index contributed by atoms with van der Waals surface area (Å²) in [6.45, 7) is 4.50. The summed E-state index contributed by atoms with van der Waals surface area (Å²) >= 11 is 1.65. The Morgan fingerprint density at radius 2 is 2.32 bits per heavy atom. The summed E-state index contributed by atoms with van der Waals surface area (Å²) in [5.41, 5.74) is 8.40. The largest absolute Gasteiger partial charge is 0.369 e. The smallest absolute Gasteiger partial charge is 0.231 e. The summed E-state index contributed by atoms with van der Waals surface area (Å²) in [5, 5.41) is 2.12.